The molecule has 0 amide bonds. The van der Waals surface area contributed by atoms with Gasteiger partial charge in [0.1, 0.15) is 6.23 Å². The minimum absolute atomic E-state index is 0.0289. The van der Waals surface area contributed by atoms with Crippen LogP contribution in [0.25, 0.3) is 0 Å². The van der Waals surface area contributed by atoms with Crippen LogP contribution in [0.3, 0.4) is 0 Å². The van der Waals surface area contributed by atoms with Crippen molar-refractivity contribution in [2.45, 2.75) is 70.4 Å². The quantitative estimate of drug-likeness (QED) is 0.263. The van der Waals surface area contributed by atoms with E-state index in [0.717, 1.165) is 19.3 Å². The number of ether oxygens (including phenoxy) is 1. The molecule has 154 valence electrons. The standard InChI is InChI=1S/C14H31N3O3.C2H2O4/c1-14(2,3)20-13(19)16-11-8-9(6-7-10(11)15)12(18)17(4)5;3-1(4)2(5)6/h9-13,16,18-19H,6-8,15H2,1-5H3;(H,3,4)(H,5,6)/t9-,10-,11-,12?,13?;/m0./s1. The summed E-state index contributed by atoms with van der Waals surface area (Å²) >= 11 is 0. The molecule has 26 heavy (non-hydrogen) atoms. The van der Waals surface area contributed by atoms with E-state index in [2.05, 4.69) is 5.32 Å². The predicted molar refractivity (Wildman–Crippen MR) is 94.1 cm³/mol. The number of hydrogen-bond donors (Lipinski definition) is 6. The normalized spacial score (nSPS) is 25.8. The van der Waals surface area contributed by atoms with E-state index in [9.17, 15) is 10.2 Å². The molecule has 0 bridgehead atoms. The number of rotatable bonds is 5. The molecule has 2 unspecified atom stereocenters. The lowest BCUT2D eigenvalue weighted by molar-refractivity contribution is -0.188. The third kappa shape index (κ3) is 10.00. The van der Waals surface area contributed by atoms with Crippen LogP contribution >= 0.6 is 0 Å². The van der Waals surface area contributed by atoms with Crippen molar-refractivity contribution in [3.8, 4) is 0 Å². The van der Waals surface area contributed by atoms with Gasteiger partial charge in [0.05, 0.1) is 5.60 Å². The molecule has 0 spiro atoms. The van der Waals surface area contributed by atoms with Crippen LogP contribution in [0.2, 0.25) is 0 Å². The molecule has 10 nitrogen and oxygen atoms in total. The van der Waals surface area contributed by atoms with Gasteiger partial charge in [-0.1, -0.05) is 0 Å². The van der Waals surface area contributed by atoms with Gasteiger partial charge >= 0.3 is 11.9 Å². The summed E-state index contributed by atoms with van der Waals surface area (Å²) < 4.78 is 5.45. The number of aliphatic carboxylic acids is 2. The van der Waals surface area contributed by atoms with Crippen LogP contribution in [-0.4, -0.2) is 81.7 Å². The third-order valence-corrected chi connectivity index (χ3v) is 3.90. The molecule has 0 aromatic carbocycles. The first-order chi connectivity index (χ1) is 11.7. The second-order valence-electron chi connectivity index (χ2n) is 7.58. The number of hydrogen-bond acceptors (Lipinski definition) is 8. The molecule has 1 aliphatic carbocycles. The Balaban J connectivity index is 0.000000896. The number of carbonyl (C=O) groups is 2. The van der Waals surface area contributed by atoms with Crippen LogP contribution in [-0.2, 0) is 14.3 Å². The lowest BCUT2D eigenvalue weighted by atomic mass is 9.81. The number of carboxylic acid groups (broad SMARTS) is 2. The molecule has 5 atom stereocenters. The van der Waals surface area contributed by atoms with Gasteiger partial charge in [-0.2, -0.15) is 0 Å². The molecule has 0 saturated heterocycles. The molecule has 7 N–H and O–H groups in total. The largest absolute Gasteiger partial charge is 0.473 e. The zero-order chi connectivity index (χ0) is 20.7. The minimum Gasteiger partial charge on any atom is -0.473 e. The fourth-order valence-electron chi connectivity index (χ4n) is 2.66. The topological polar surface area (TPSA) is 166 Å². The van der Waals surface area contributed by atoms with Crippen molar-refractivity contribution in [1.82, 2.24) is 10.2 Å². The summed E-state index contributed by atoms with van der Waals surface area (Å²) in [6.07, 6.45) is 0.934. The van der Waals surface area contributed by atoms with Gasteiger partial charge < -0.3 is 30.9 Å². The Bertz CT molecular complexity index is 442. The maximum Gasteiger partial charge on any atom is 0.414 e. The Labute approximate surface area is 153 Å². The Hall–Kier alpha value is -1.30. The molecule has 0 heterocycles. The zero-order valence-corrected chi connectivity index (χ0v) is 16.0. The number of nitrogens with zero attached hydrogens (tertiary/aromatic N) is 1. The van der Waals surface area contributed by atoms with E-state index >= 15 is 0 Å². The molecule has 1 aliphatic rings. The van der Waals surface area contributed by atoms with Gasteiger partial charge in [0, 0.05) is 18.0 Å². The van der Waals surface area contributed by atoms with Gasteiger partial charge in [0.2, 0.25) is 6.41 Å². The molecular formula is C16H33N3O7. The highest BCUT2D eigenvalue weighted by Crippen LogP contribution is 2.27. The Morgan fingerprint density at radius 3 is 2.04 bits per heavy atom. The molecule has 1 rings (SSSR count). The van der Waals surface area contributed by atoms with Crippen LogP contribution in [0.15, 0.2) is 0 Å². The molecule has 0 radical (unpaired) electrons. The fraction of sp³-hybridized carbons (Fsp3) is 0.875. The van der Waals surface area contributed by atoms with E-state index in [0.29, 0.717) is 0 Å². The van der Waals surface area contributed by atoms with Gasteiger partial charge in [-0.25, -0.2) is 9.59 Å². The SMILES string of the molecule is CN(C)C(O)[C@H]1CC[C@H](N)[C@@H](NC(O)OC(C)(C)C)C1.O=C(O)C(=O)O. The smallest absolute Gasteiger partial charge is 0.414 e. The first-order valence-corrected chi connectivity index (χ1v) is 8.42. The molecule has 10 heteroatoms. The van der Waals surface area contributed by atoms with Crippen molar-refractivity contribution in [1.29, 1.82) is 0 Å². The zero-order valence-electron chi connectivity index (χ0n) is 16.0. The fourth-order valence-corrected chi connectivity index (χ4v) is 2.66. The number of nitrogens with one attached hydrogen (secondary N) is 1. The van der Waals surface area contributed by atoms with Crippen LogP contribution in [0.1, 0.15) is 40.0 Å². The number of aliphatic hydroxyl groups is 2. The third-order valence-electron chi connectivity index (χ3n) is 3.90. The predicted octanol–water partition coefficient (Wildman–Crippen LogP) is -0.801. The van der Waals surface area contributed by atoms with Crippen LogP contribution in [0.5, 0.6) is 0 Å². The summed E-state index contributed by atoms with van der Waals surface area (Å²) in [4.78, 5) is 20.0. The highest BCUT2D eigenvalue weighted by molar-refractivity contribution is 6.27. The van der Waals surface area contributed by atoms with Crippen LogP contribution in [0.4, 0.5) is 0 Å². The van der Waals surface area contributed by atoms with Crippen LogP contribution < -0.4 is 11.1 Å². The number of carboxylic acids is 2. The second kappa shape index (κ2) is 10.8. The van der Waals surface area contributed by atoms with E-state index in [1.54, 1.807) is 4.90 Å². The molecule has 1 fully saturated rings. The lowest BCUT2D eigenvalue weighted by Crippen LogP contribution is -2.55. The lowest BCUT2D eigenvalue weighted by Gasteiger charge is -2.39. The summed E-state index contributed by atoms with van der Waals surface area (Å²) in [6.45, 7) is 5.66. The first kappa shape index (κ1) is 24.7. The molecular weight excluding hydrogens is 346 g/mol. The Morgan fingerprint density at radius 2 is 1.65 bits per heavy atom. The number of aliphatic hydroxyl groups excluding tert-OH is 2. The monoisotopic (exact) mass is 379 g/mol. The van der Waals surface area contributed by atoms with E-state index in [1.165, 1.54) is 0 Å². The highest BCUT2D eigenvalue weighted by atomic mass is 16.6. The van der Waals surface area contributed by atoms with Gasteiger partial charge in [0.15, 0.2) is 0 Å². The molecule has 1 saturated carbocycles. The summed E-state index contributed by atoms with van der Waals surface area (Å²) in [7, 11) is 3.72. The Morgan fingerprint density at radius 1 is 1.15 bits per heavy atom. The van der Waals surface area contributed by atoms with Crippen molar-refractivity contribution >= 4 is 11.9 Å². The highest BCUT2D eigenvalue weighted by Gasteiger charge is 2.34. The van der Waals surface area contributed by atoms with E-state index < -0.39 is 30.2 Å². The summed E-state index contributed by atoms with van der Waals surface area (Å²) in [5, 5.41) is 37.9. The van der Waals surface area contributed by atoms with E-state index in [1.807, 2.05) is 34.9 Å². The van der Waals surface area contributed by atoms with Gasteiger partial charge in [0.25, 0.3) is 0 Å². The van der Waals surface area contributed by atoms with Gasteiger partial charge in [-0.05, 0) is 54.1 Å². The van der Waals surface area contributed by atoms with Crippen molar-refractivity contribution in [3.63, 3.8) is 0 Å². The van der Waals surface area contributed by atoms with E-state index in [4.69, 9.17) is 30.3 Å². The summed E-state index contributed by atoms with van der Waals surface area (Å²) in [5.74, 6) is -3.49. The van der Waals surface area contributed by atoms with Gasteiger partial charge in [-0.15, -0.1) is 0 Å². The maximum atomic E-state index is 10.1. The summed E-state index contributed by atoms with van der Waals surface area (Å²) in [6, 6.07) is -0.0838. The molecule has 0 aliphatic heterocycles. The van der Waals surface area contributed by atoms with Crippen molar-refractivity contribution in [3.05, 3.63) is 0 Å². The first-order valence-electron chi connectivity index (χ1n) is 8.42. The number of nitrogens with two attached hydrogens (primary N) is 1. The molecule has 0 aromatic heterocycles. The molecule has 0 aromatic rings. The average Bonchev–Trinajstić information content (AvgIpc) is 2.47. The average molecular weight is 379 g/mol. The minimum atomic E-state index is -1.82. The van der Waals surface area contributed by atoms with Crippen molar-refractivity contribution < 1.29 is 34.8 Å². The van der Waals surface area contributed by atoms with Crippen molar-refractivity contribution in [2.24, 2.45) is 11.7 Å². The second-order valence-corrected chi connectivity index (χ2v) is 7.58. The summed E-state index contributed by atoms with van der Waals surface area (Å²) in [5.41, 5.74) is 5.68. The van der Waals surface area contributed by atoms with Crippen LogP contribution in [0, 0.1) is 5.92 Å². The van der Waals surface area contributed by atoms with Gasteiger partial charge in [-0.3, -0.25) is 10.2 Å². The van der Waals surface area contributed by atoms with E-state index in [-0.39, 0.29) is 18.0 Å². The Kier molecular flexibility index (Phi) is 10.2. The van der Waals surface area contributed by atoms with Crippen molar-refractivity contribution in [2.75, 3.05) is 14.1 Å². The maximum absolute atomic E-state index is 10.1.